The lowest BCUT2D eigenvalue weighted by Gasteiger charge is -2.10. The first-order valence-corrected chi connectivity index (χ1v) is 8.24. The zero-order valence-corrected chi connectivity index (χ0v) is 14.3. The van der Waals surface area contributed by atoms with Gasteiger partial charge in [0.1, 0.15) is 5.75 Å². The maximum Gasteiger partial charge on any atom is 0.257 e. The molecule has 0 atom stereocenters. The van der Waals surface area contributed by atoms with Crippen LogP contribution in [0.3, 0.4) is 0 Å². The average Bonchev–Trinajstić information content (AvgIpc) is 2.64. The summed E-state index contributed by atoms with van der Waals surface area (Å²) < 4.78 is 5.40. The van der Waals surface area contributed by atoms with Crippen LogP contribution in [0.5, 0.6) is 5.75 Å². The van der Waals surface area contributed by atoms with Gasteiger partial charge in [-0.05, 0) is 50.2 Å². The molecule has 1 N–H and O–H groups in total. The molecule has 126 valence electrons. The zero-order chi connectivity index (χ0) is 17.6. The largest absolute Gasteiger partial charge is 0.494 e. The number of ether oxygens (including phenoxy) is 1. The van der Waals surface area contributed by atoms with E-state index >= 15 is 0 Å². The van der Waals surface area contributed by atoms with Crippen molar-refractivity contribution in [3.8, 4) is 17.0 Å². The molecule has 3 rings (SSSR count). The molecule has 0 spiro atoms. The maximum absolute atomic E-state index is 12.5. The molecule has 0 bridgehead atoms. The number of nitrogens with zero attached hydrogens (tertiary/aromatic N) is 1. The third-order valence-electron chi connectivity index (χ3n) is 3.82. The van der Waals surface area contributed by atoms with Gasteiger partial charge < -0.3 is 10.1 Å². The predicted octanol–water partition coefficient (Wildman–Crippen LogP) is 4.71. The summed E-state index contributed by atoms with van der Waals surface area (Å²) in [5, 5.41) is 2.89. The molecule has 0 aliphatic heterocycles. The topological polar surface area (TPSA) is 51.2 Å². The second-order valence-corrected chi connectivity index (χ2v) is 5.61. The molecule has 0 aliphatic carbocycles. The standard InChI is InChI=1S/C21H20N2O2/c1-3-25-18-11-9-17(10-12-18)23-21(24)19-13-14-20(22-15(19)2)16-7-5-4-6-8-16/h4-14H,3H2,1-2H3,(H,23,24). The summed E-state index contributed by atoms with van der Waals surface area (Å²) in [6, 6.07) is 20.9. The van der Waals surface area contributed by atoms with Gasteiger partial charge >= 0.3 is 0 Å². The molecule has 0 radical (unpaired) electrons. The van der Waals surface area contributed by atoms with Gasteiger partial charge in [0, 0.05) is 11.3 Å². The molecular formula is C21H20N2O2. The minimum atomic E-state index is -0.172. The Morgan fingerprint density at radius 2 is 1.72 bits per heavy atom. The lowest BCUT2D eigenvalue weighted by Crippen LogP contribution is -2.14. The fraction of sp³-hybridized carbons (Fsp3) is 0.143. The number of anilines is 1. The number of benzene rings is 2. The maximum atomic E-state index is 12.5. The Morgan fingerprint density at radius 1 is 1.00 bits per heavy atom. The van der Waals surface area contributed by atoms with E-state index in [9.17, 15) is 4.79 Å². The van der Waals surface area contributed by atoms with Gasteiger partial charge in [-0.15, -0.1) is 0 Å². The van der Waals surface area contributed by atoms with Crippen LogP contribution in [0.15, 0.2) is 66.7 Å². The summed E-state index contributed by atoms with van der Waals surface area (Å²) in [5.41, 5.74) is 3.87. The van der Waals surface area contributed by atoms with E-state index in [2.05, 4.69) is 10.3 Å². The zero-order valence-electron chi connectivity index (χ0n) is 14.3. The molecule has 25 heavy (non-hydrogen) atoms. The highest BCUT2D eigenvalue weighted by Crippen LogP contribution is 2.20. The van der Waals surface area contributed by atoms with Gasteiger partial charge in [-0.25, -0.2) is 0 Å². The van der Waals surface area contributed by atoms with Crippen molar-refractivity contribution < 1.29 is 9.53 Å². The normalized spacial score (nSPS) is 10.3. The van der Waals surface area contributed by atoms with Crippen LogP contribution in [0.2, 0.25) is 0 Å². The Bertz CT molecular complexity index is 859. The highest BCUT2D eigenvalue weighted by atomic mass is 16.5. The van der Waals surface area contributed by atoms with Crippen molar-refractivity contribution >= 4 is 11.6 Å². The van der Waals surface area contributed by atoms with Gasteiger partial charge in [-0.1, -0.05) is 30.3 Å². The van der Waals surface area contributed by atoms with Crippen LogP contribution >= 0.6 is 0 Å². The van der Waals surface area contributed by atoms with E-state index in [0.29, 0.717) is 17.9 Å². The van der Waals surface area contributed by atoms with Crippen LogP contribution in [0.4, 0.5) is 5.69 Å². The fourth-order valence-corrected chi connectivity index (χ4v) is 2.57. The predicted molar refractivity (Wildman–Crippen MR) is 100.0 cm³/mol. The number of rotatable bonds is 5. The molecule has 0 unspecified atom stereocenters. The summed E-state index contributed by atoms with van der Waals surface area (Å²) in [6.45, 7) is 4.40. The molecule has 3 aromatic rings. The minimum absolute atomic E-state index is 0.172. The monoisotopic (exact) mass is 332 g/mol. The molecule has 4 nitrogen and oxygen atoms in total. The van der Waals surface area contributed by atoms with Crippen molar-refractivity contribution in [1.82, 2.24) is 4.98 Å². The molecule has 0 fully saturated rings. The quantitative estimate of drug-likeness (QED) is 0.736. The van der Waals surface area contributed by atoms with Crippen LogP contribution in [0.25, 0.3) is 11.3 Å². The van der Waals surface area contributed by atoms with E-state index < -0.39 is 0 Å². The summed E-state index contributed by atoms with van der Waals surface area (Å²) in [6.07, 6.45) is 0. The second kappa shape index (κ2) is 7.62. The van der Waals surface area contributed by atoms with Crippen LogP contribution in [0.1, 0.15) is 23.0 Å². The Kier molecular flexibility index (Phi) is 5.09. The van der Waals surface area contributed by atoms with Crippen molar-refractivity contribution in [3.63, 3.8) is 0 Å². The number of pyridine rings is 1. The number of hydrogen-bond donors (Lipinski definition) is 1. The van der Waals surface area contributed by atoms with Crippen molar-refractivity contribution in [2.75, 3.05) is 11.9 Å². The fourth-order valence-electron chi connectivity index (χ4n) is 2.57. The molecule has 1 aromatic heterocycles. The Morgan fingerprint density at radius 3 is 2.36 bits per heavy atom. The van der Waals surface area contributed by atoms with E-state index in [1.54, 1.807) is 0 Å². The van der Waals surface area contributed by atoms with E-state index in [4.69, 9.17) is 4.74 Å². The van der Waals surface area contributed by atoms with Crippen molar-refractivity contribution in [1.29, 1.82) is 0 Å². The molecule has 1 amide bonds. The van der Waals surface area contributed by atoms with Gasteiger partial charge in [-0.2, -0.15) is 0 Å². The van der Waals surface area contributed by atoms with Crippen LogP contribution in [-0.4, -0.2) is 17.5 Å². The Labute approximate surface area is 147 Å². The number of carbonyl (C=O) groups excluding carboxylic acids is 1. The van der Waals surface area contributed by atoms with E-state index in [-0.39, 0.29) is 5.91 Å². The smallest absolute Gasteiger partial charge is 0.257 e. The molecule has 2 aromatic carbocycles. The summed E-state index contributed by atoms with van der Waals surface area (Å²) in [4.78, 5) is 17.1. The van der Waals surface area contributed by atoms with Crippen LogP contribution in [0, 0.1) is 6.92 Å². The van der Waals surface area contributed by atoms with Crippen molar-refractivity contribution in [2.24, 2.45) is 0 Å². The third kappa shape index (κ3) is 4.04. The van der Waals surface area contributed by atoms with E-state index in [0.717, 1.165) is 22.7 Å². The molecule has 1 heterocycles. The Hall–Kier alpha value is -3.14. The highest BCUT2D eigenvalue weighted by molar-refractivity contribution is 6.05. The van der Waals surface area contributed by atoms with Gasteiger partial charge in [0.05, 0.1) is 23.6 Å². The Balaban J connectivity index is 1.76. The average molecular weight is 332 g/mol. The second-order valence-electron chi connectivity index (χ2n) is 5.61. The molecule has 0 saturated carbocycles. The SMILES string of the molecule is CCOc1ccc(NC(=O)c2ccc(-c3ccccc3)nc2C)cc1. The number of amides is 1. The molecule has 0 aliphatic rings. The van der Waals surface area contributed by atoms with Crippen LogP contribution < -0.4 is 10.1 Å². The molecule has 0 saturated heterocycles. The number of nitrogens with one attached hydrogen (secondary N) is 1. The first kappa shape index (κ1) is 16.7. The van der Waals surface area contributed by atoms with Gasteiger partial charge in [0.15, 0.2) is 0 Å². The minimum Gasteiger partial charge on any atom is -0.494 e. The lowest BCUT2D eigenvalue weighted by molar-refractivity contribution is 0.102. The summed E-state index contributed by atoms with van der Waals surface area (Å²) in [7, 11) is 0. The third-order valence-corrected chi connectivity index (χ3v) is 3.82. The van der Waals surface area contributed by atoms with E-state index in [1.165, 1.54) is 0 Å². The number of aromatic nitrogens is 1. The van der Waals surface area contributed by atoms with Crippen molar-refractivity contribution in [3.05, 3.63) is 78.0 Å². The highest BCUT2D eigenvalue weighted by Gasteiger charge is 2.12. The molecule has 4 heteroatoms. The van der Waals surface area contributed by atoms with Crippen molar-refractivity contribution in [2.45, 2.75) is 13.8 Å². The molecular weight excluding hydrogens is 312 g/mol. The summed E-state index contributed by atoms with van der Waals surface area (Å²) in [5.74, 6) is 0.610. The lowest BCUT2D eigenvalue weighted by atomic mass is 10.1. The number of carbonyl (C=O) groups is 1. The summed E-state index contributed by atoms with van der Waals surface area (Å²) >= 11 is 0. The number of aryl methyl sites for hydroxylation is 1. The first-order valence-electron chi connectivity index (χ1n) is 8.24. The number of hydrogen-bond acceptors (Lipinski definition) is 3. The van der Waals surface area contributed by atoms with Gasteiger partial charge in [0.2, 0.25) is 0 Å². The van der Waals surface area contributed by atoms with Crippen LogP contribution in [-0.2, 0) is 0 Å². The van der Waals surface area contributed by atoms with Gasteiger partial charge in [0.25, 0.3) is 5.91 Å². The van der Waals surface area contributed by atoms with Gasteiger partial charge in [-0.3, -0.25) is 9.78 Å². The first-order chi connectivity index (χ1) is 12.2. The van der Waals surface area contributed by atoms with E-state index in [1.807, 2.05) is 80.6 Å².